The Morgan fingerprint density at radius 2 is 1.38 bits per heavy atom. The largest absolute Gasteiger partial charge is 0.507 e. The van der Waals surface area contributed by atoms with Gasteiger partial charge in [-0.3, -0.25) is 0 Å². The van der Waals surface area contributed by atoms with Crippen LogP contribution in [-0.2, 0) is 0 Å². The Morgan fingerprint density at radius 3 is 1.92 bits per heavy atom. The molecule has 10 heteroatoms. The molecule has 0 aliphatic heterocycles. The Bertz CT molecular complexity index is 741. The zero-order chi connectivity index (χ0) is 18.3. The minimum absolute atomic E-state index is 0.00750. The fourth-order valence-corrected chi connectivity index (χ4v) is 1.88. The number of benzene rings is 2. The molecule has 2 aromatic carbocycles. The van der Waals surface area contributed by atoms with Crippen LogP contribution in [0.5, 0.6) is 11.5 Å². The summed E-state index contributed by atoms with van der Waals surface area (Å²) in [6, 6.07) is 6.89. The second kappa shape index (κ2) is 5.67. The molecule has 2 rings (SSSR count). The van der Waals surface area contributed by atoms with Gasteiger partial charge in [0.05, 0.1) is 0 Å². The molecule has 1 atom stereocenters. The number of phenols is 1. The van der Waals surface area contributed by atoms with Crippen molar-refractivity contribution in [3.8, 4) is 11.5 Å². The average Bonchev–Trinajstić information content (AvgIpc) is 2.49. The van der Waals surface area contributed by atoms with Gasteiger partial charge in [-0.2, -0.15) is 35.1 Å². The van der Waals surface area contributed by atoms with E-state index in [2.05, 4.69) is 4.74 Å². The Balaban J connectivity index is 2.40. The summed E-state index contributed by atoms with van der Waals surface area (Å²) in [6.45, 7) is 0. The van der Waals surface area contributed by atoms with Gasteiger partial charge in [-0.15, -0.1) is 0 Å². The highest BCUT2D eigenvalue weighted by molar-refractivity contribution is 5.92. The van der Waals surface area contributed by atoms with Crippen molar-refractivity contribution < 1.29 is 45.0 Å². The lowest BCUT2D eigenvalue weighted by Crippen LogP contribution is -2.58. The summed E-state index contributed by atoms with van der Waals surface area (Å²) in [6.07, 6.45) is -10.9. The van der Waals surface area contributed by atoms with Crippen molar-refractivity contribution in [2.45, 2.75) is 24.4 Å². The molecular formula is C14H8F8O2. The third kappa shape index (κ3) is 2.80. The molecule has 132 valence electrons. The van der Waals surface area contributed by atoms with Gasteiger partial charge >= 0.3 is 24.4 Å². The minimum atomic E-state index is -6.67. The number of phenolic OH excluding ortho intramolecular Hbond substituents is 1. The van der Waals surface area contributed by atoms with Crippen molar-refractivity contribution in [1.29, 1.82) is 0 Å². The summed E-state index contributed by atoms with van der Waals surface area (Å²) in [4.78, 5) is 0. The van der Waals surface area contributed by atoms with Crippen molar-refractivity contribution in [1.82, 2.24) is 0 Å². The first kappa shape index (κ1) is 18.1. The topological polar surface area (TPSA) is 29.5 Å². The Labute approximate surface area is 129 Å². The number of hydrogen-bond acceptors (Lipinski definition) is 2. The van der Waals surface area contributed by atoms with Gasteiger partial charge < -0.3 is 9.84 Å². The molecule has 0 aliphatic rings. The maximum atomic E-state index is 13.5. The zero-order valence-electron chi connectivity index (χ0n) is 11.4. The van der Waals surface area contributed by atoms with Crippen molar-refractivity contribution in [3.63, 3.8) is 0 Å². The third-order valence-electron chi connectivity index (χ3n) is 3.15. The summed E-state index contributed by atoms with van der Waals surface area (Å²) < 4.78 is 106. The number of halogens is 8. The third-order valence-corrected chi connectivity index (χ3v) is 3.15. The predicted octanol–water partition coefficient (Wildman–Crippen LogP) is 5.05. The van der Waals surface area contributed by atoms with Gasteiger partial charge in [0.1, 0.15) is 11.5 Å². The highest BCUT2D eigenvalue weighted by Gasteiger charge is 2.77. The summed E-state index contributed by atoms with van der Waals surface area (Å²) in [5.41, 5.74) is 0. The highest BCUT2D eigenvalue weighted by atomic mass is 19.4. The van der Waals surface area contributed by atoms with E-state index in [-0.39, 0.29) is 16.5 Å². The quantitative estimate of drug-likeness (QED) is 0.773. The molecule has 0 fully saturated rings. The van der Waals surface area contributed by atoms with Crippen LogP contribution < -0.4 is 4.74 Å². The SMILES string of the molecule is Oc1ccc(OC(F)C(F)(F)C(F)(F)C(F)(F)F)c2ccccc12. The molecule has 0 bridgehead atoms. The van der Waals surface area contributed by atoms with Crippen molar-refractivity contribution in [2.75, 3.05) is 0 Å². The number of ether oxygens (including phenoxy) is 1. The van der Waals surface area contributed by atoms with Gasteiger partial charge in [-0.25, -0.2) is 0 Å². The highest BCUT2D eigenvalue weighted by Crippen LogP contribution is 2.49. The van der Waals surface area contributed by atoms with E-state index in [0.717, 1.165) is 12.1 Å². The van der Waals surface area contributed by atoms with Gasteiger partial charge in [0.2, 0.25) is 0 Å². The summed E-state index contributed by atoms with van der Waals surface area (Å²) in [5, 5.41) is 9.42. The van der Waals surface area contributed by atoms with Crippen LogP contribution in [0, 0.1) is 0 Å². The van der Waals surface area contributed by atoms with Crippen LogP contribution in [0.3, 0.4) is 0 Å². The van der Waals surface area contributed by atoms with E-state index < -0.39 is 30.1 Å². The van der Waals surface area contributed by atoms with Crippen molar-refractivity contribution in [2.24, 2.45) is 0 Å². The molecule has 0 heterocycles. The number of hydrogen-bond donors (Lipinski definition) is 1. The van der Waals surface area contributed by atoms with Crippen LogP contribution in [0.4, 0.5) is 35.1 Å². The standard InChI is InChI=1S/C14H8F8O2/c15-11(12(16,17)13(18,19)14(20,21)22)24-10-6-5-9(23)7-3-1-2-4-8(7)10/h1-6,11,23H. The lowest BCUT2D eigenvalue weighted by Gasteiger charge is -2.30. The first-order valence-corrected chi connectivity index (χ1v) is 6.23. The van der Waals surface area contributed by atoms with Crippen LogP contribution in [-0.4, -0.2) is 29.5 Å². The van der Waals surface area contributed by atoms with Gasteiger partial charge in [-0.05, 0) is 12.1 Å². The number of alkyl halides is 8. The smallest absolute Gasteiger partial charge is 0.460 e. The second-order valence-corrected chi connectivity index (χ2v) is 4.76. The minimum Gasteiger partial charge on any atom is -0.507 e. The molecule has 0 saturated carbocycles. The number of rotatable bonds is 4. The zero-order valence-corrected chi connectivity index (χ0v) is 11.4. The van der Waals surface area contributed by atoms with Crippen LogP contribution >= 0.6 is 0 Å². The first-order chi connectivity index (χ1) is 10.9. The molecule has 0 radical (unpaired) electrons. The van der Waals surface area contributed by atoms with Crippen LogP contribution in [0.2, 0.25) is 0 Å². The first-order valence-electron chi connectivity index (χ1n) is 6.23. The molecule has 0 amide bonds. The van der Waals surface area contributed by atoms with Gasteiger partial charge in [0, 0.05) is 10.8 Å². The van der Waals surface area contributed by atoms with Crippen LogP contribution in [0.25, 0.3) is 10.8 Å². The molecule has 2 aromatic rings. The normalized spacial score (nSPS) is 14.7. The predicted molar refractivity (Wildman–Crippen MR) is 67.1 cm³/mol. The van der Waals surface area contributed by atoms with Crippen molar-refractivity contribution >= 4 is 10.8 Å². The van der Waals surface area contributed by atoms with E-state index in [1.54, 1.807) is 0 Å². The maximum absolute atomic E-state index is 13.5. The van der Waals surface area contributed by atoms with Gasteiger partial charge in [0.15, 0.2) is 0 Å². The molecule has 1 N–H and O–H groups in total. The summed E-state index contributed by atoms with van der Waals surface area (Å²) in [5.74, 6) is -13.9. The molecular weight excluding hydrogens is 352 g/mol. The second-order valence-electron chi connectivity index (χ2n) is 4.76. The fraction of sp³-hybridized carbons (Fsp3) is 0.286. The van der Waals surface area contributed by atoms with E-state index in [9.17, 15) is 40.2 Å². The van der Waals surface area contributed by atoms with Gasteiger partial charge in [-0.1, -0.05) is 24.3 Å². The molecule has 0 spiro atoms. The summed E-state index contributed by atoms with van der Waals surface area (Å²) in [7, 11) is 0. The fourth-order valence-electron chi connectivity index (χ4n) is 1.88. The Hall–Kier alpha value is -2.26. The lowest BCUT2D eigenvalue weighted by atomic mass is 10.1. The Morgan fingerprint density at radius 1 is 0.833 bits per heavy atom. The van der Waals surface area contributed by atoms with Crippen LogP contribution in [0.1, 0.15) is 0 Å². The molecule has 0 aliphatic carbocycles. The van der Waals surface area contributed by atoms with Crippen molar-refractivity contribution in [3.05, 3.63) is 36.4 Å². The average molecular weight is 360 g/mol. The molecule has 24 heavy (non-hydrogen) atoms. The van der Waals surface area contributed by atoms with E-state index in [4.69, 9.17) is 0 Å². The monoisotopic (exact) mass is 360 g/mol. The number of fused-ring (bicyclic) bond motifs is 1. The van der Waals surface area contributed by atoms with E-state index in [1.807, 2.05) is 0 Å². The molecule has 0 aromatic heterocycles. The summed E-state index contributed by atoms with van der Waals surface area (Å²) >= 11 is 0. The molecule has 1 unspecified atom stereocenters. The van der Waals surface area contributed by atoms with E-state index in [0.29, 0.717) is 0 Å². The van der Waals surface area contributed by atoms with Crippen LogP contribution in [0.15, 0.2) is 36.4 Å². The molecule has 2 nitrogen and oxygen atoms in total. The van der Waals surface area contributed by atoms with E-state index >= 15 is 0 Å². The molecule has 0 saturated heterocycles. The maximum Gasteiger partial charge on any atom is 0.460 e. The van der Waals surface area contributed by atoms with Gasteiger partial charge in [0.25, 0.3) is 0 Å². The Kier molecular flexibility index (Phi) is 4.28. The number of aromatic hydroxyl groups is 1. The van der Waals surface area contributed by atoms with E-state index in [1.165, 1.54) is 24.3 Å². The lowest BCUT2D eigenvalue weighted by molar-refractivity contribution is -0.379.